The topological polar surface area (TPSA) is 57.5 Å². The van der Waals surface area contributed by atoms with Gasteiger partial charge in [-0.3, -0.25) is 0 Å². The molecule has 2 fully saturated rings. The molecule has 0 aliphatic heterocycles. The highest BCUT2D eigenvalue weighted by Gasteiger charge is 2.52. The summed E-state index contributed by atoms with van der Waals surface area (Å²) in [4.78, 5) is 11.2. The Kier molecular flexibility index (Phi) is 4.50. The fourth-order valence-corrected chi connectivity index (χ4v) is 5.61. The van der Waals surface area contributed by atoms with Crippen molar-refractivity contribution in [3.8, 4) is 0 Å². The average molecular weight is 330 g/mol. The van der Waals surface area contributed by atoms with Crippen LogP contribution < -0.4 is 0 Å². The summed E-state index contributed by atoms with van der Waals surface area (Å²) in [5.74, 6) is 0.340. The number of hydrogen-bond acceptors (Lipinski definition) is 2. The van der Waals surface area contributed by atoms with Crippen molar-refractivity contribution in [2.75, 3.05) is 0 Å². The monoisotopic (exact) mass is 330 g/mol. The highest BCUT2D eigenvalue weighted by Crippen LogP contribution is 2.58. The van der Waals surface area contributed by atoms with Crippen LogP contribution in [0.1, 0.15) is 68.8 Å². The summed E-state index contributed by atoms with van der Waals surface area (Å²) in [5, 5.41) is 19.6. The van der Waals surface area contributed by atoms with Gasteiger partial charge in [0.2, 0.25) is 0 Å². The zero-order valence-corrected chi connectivity index (χ0v) is 15.1. The van der Waals surface area contributed by atoms with Gasteiger partial charge in [-0.1, -0.05) is 32.9 Å². The van der Waals surface area contributed by atoms with Gasteiger partial charge in [-0.2, -0.15) is 0 Å². The number of aromatic carboxylic acids is 1. The Hall–Kier alpha value is -1.35. The summed E-state index contributed by atoms with van der Waals surface area (Å²) in [6, 6.07) is 7.39. The molecule has 2 aliphatic rings. The Morgan fingerprint density at radius 2 is 1.96 bits per heavy atom. The van der Waals surface area contributed by atoms with Crippen LogP contribution in [0, 0.1) is 22.7 Å². The van der Waals surface area contributed by atoms with Crippen LogP contribution in [0.2, 0.25) is 0 Å². The second-order valence-corrected chi connectivity index (χ2v) is 8.94. The third-order valence-corrected chi connectivity index (χ3v) is 6.90. The Morgan fingerprint density at radius 1 is 1.21 bits per heavy atom. The molecule has 1 unspecified atom stereocenters. The molecule has 1 aromatic rings. The molecule has 0 saturated heterocycles. The van der Waals surface area contributed by atoms with E-state index in [0.29, 0.717) is 22.8 Å². The number of fused-ring (bicyclic) bond motifs is 1. The van der Waals surface area contributed by atoms with E-state index in [-0.39, 0.29) is 11.5 Å². The summed E-state index contributed by atoms with van der Waals surface area (Å²) in [5.41, 5.74) is 1.82. The fraction of sp³-hybridized carbons (Fsp3) is 0.667. The van der Waals surface area contributed by atoms with Gasteiger partial charge in [0.25, 0.3) is 0 Å². The first-order valence-electron chi connectivity index (χ1n) is 9.23. The van der Waals surface area contributed by atoms with Crippen LogP contribution in [0.4, 0.5) is 0 Å². The van der Waals surface area contributed by atoms with E-state index in [0.717, 1.165) is 24.8 Å². The van der Waals surface area contributed by atoms with Gasteiger partial charge in [-0.05, 0) is 78.9 Å². The van der Waals surface area contributed by atoms with Gasteiger partial charge < -0.3 is 10.2 Å². The zero-order valence-electron chi connectivity index (χ0n) is 15.1. The minimum Gasteiger partial charge on any atom is -0.478 e. The first-order valence-corrected chi connectivity index (χ1v) is 9.23. The number of carbonyl (C=O) groups is 1. The molecule has 0 amide bonds. The van der Waals surface area contributed by atoms with Gasteiger partial charge in [-0.15, -0.1) is 0 Å². The fourth-order valence-electron chi connectivity index (χ4n) is 5.61. The Labute approximate surface area is 145 Å². The molecule has 2 saturated carbocycles. The minimum atomic E-state index is -0.851. The lowest BCUT2D eigenvalue weighted by Crippen LogP contribution is -2.52. The van der Waals surface area contributed by atoms with Crippen molar-refractivity contribution >= 4 is 5.97 Å². The number of rotatable bonds is 3. The van der Waals surface area contributed by atoms with Crippen molar-refractivity contribution < 1.29 is 15.0 Å². The van der Waals surface area contributed by atoms with E-state index >= 15 is 0 Å². The minimum absolute atomic E-state index is 0.00118. The summed E-state index contributed by atoms with van der Waals surface area (Å²) < 4.78 is 0. The molecule has 2 N–H and O–H groups in total. The molecule has 132 valence electrons. The lowest BCUT2D eigenvalue weighted by molar-refractivity contribution is -0.121. The van der Waals surface area contributed by atoms with E-state index in [9.17, 15) is 9.90 Å². The predicted molar refractivity (Wildman–Crippen MR) is 95.1 cm³/mol. The van der Waals surface area contributed by atoms with Crippen molar-refractivity contribution in [3.05, 3.63) is 35.4 Å². The Balaban J connectivity index is 1.73. The van der Waals surface area contributed by atoms with Crippen molar-refractivity contribution in [1.29, 1.82) is 0 Å². The summed E-state index contributed by atoms with van der Waals surface area (Å²) in [6.45, 7) is 6.87. The maximum atomic E-state index is 11.2. The van der Waals surface area contributed by atoms with Gasteiger partial charge in [0, 0.05) is 0 Å². The highest BCUT2D eigenvalue weighted by molar-refractivity contribution is 5.87. The summed E-state index contributed by atoms with van der Waals surface area (Å²) in [6.07, 6.45) is 6.32. The third-order valence-electron chi connectivity index (χ3n) is 6.90. The molecule has 0 bridgehead atoms. The zero-order chi connectivity index (χ0) is 17.5. The third kappa shape index (κ3) is 3.11. The molecule has 3 rings (SSSR count). The molecule has 24 heavy (non-hydrogen) atoms. The van der Waals surface area contributed by atoms with Crippen molar-refractivity contribution in [2.45, 2.75) is 65.4 Å². The van der Waals surface area contributed by atoms with Gasteiger partial charge >= 0.3 is 5.97 Å². The first-order chi connectivity index (χ1) is 11.2. The van der Waals surface area contributed by atoms with E-state index < -0.39 is 5.97 Å². The molecule has 3 heteroatoms. The maximum Gasteiger partial charge on any atom is 0.335 e. The summed E-state index contributed by atoms with van der Waals surface area (Å²) >= 11 is 0. The first kappa shape index (κ1) is 17.5. The lowest BCUT2D eigenvalue weighted by atomic mass is 9.49. The van der Waals surface area contributed by atoms with Crippen molar-refractivity contribution in [2.24, 2.45) is 22.7 Å². The van der Waals surface area contributed by atoms with Crippen LogP contribution in [0.15, 0.2) is 24.3 Å². The van der Waals surface area contributed by atoms with E-state index in [1.54, 1.807) is 6.07 Å². The highest BCUT2D eigenvalue weighted by atomic mass is 16.4. The number of benzene rings is 1. The molecule has 0 heterocycles. The standard InChI is InChI=1S/C21H30O3/c1-20(2)17-8-7-15(13-21(17,3)10-9-18(20)22)11-14-5-4-6-16(12-14)19(23)24/h4-6,12,15,17-18,22H,7-11,13H2,1-3H3,(H,23,24)/t15-,17?,18-,21+/m0/s1. The van der Waals surface area contributed by atoms with Crippen LogP contribution in [-0.4, -0.2) is 22.3 Å². The number of aliphatic hydroxyl groups excluding tert-OH is 1. The number of aliphatic hydroxyl groups is 1. The van der Waals surface area contributed by atoms with Crippen LogP contribution in [0.5, 0.6) is 0 Å². The molecular weight excluding hydrogens is 300 g/mol. The molecule has 0 aromatic heterocycles. The van der Waals surface area contributed by atoms with Crippen LogP contribution in [0.3, 0.4) is 0 Å². The maximum absolute atomic E-state index is 11.2. The average Bonchev–Trinajstić information content (AvgIpc) is 2.51. The van der Waals surface area contributed by atoms with E-state index in [1.807, 2.05) is 12.1 Å². The molecule has 0 radical (unpaired) electrons. The second-order valence-electron chi connectivity index (χ2n) is 8.94. The van der Waals surface area contributed by atoms with E-state index in [2.05, 4.69) is 26.8 Å². The van der Waals surface area contributed by atoms with Crippen LogP contribution >= 0.6 is 0 Å². The number of hydrogen-bond donors (Lipinski definition) is 2. The van der Waals surface area contributed by atoms with Gasteiger partial charge in [-0.25, -0.2) is 4.79 Å². The van der Waals surface area contributed by atoms with Gasteiger partial charge in [0.15, 0.2) is 0 Å². The van der Waals surface area contributed by atoms with Gasteiger partial charge in [0.05, 0.1) is 11.7 Å². The van der Waals surface area contributed by atoms with E-state index in [4.69, 9.17) is 5.11 Å². The SMILES string of the molecule is CC1(C)C2CC[C@@H](Cc3cccc(C(=O)O)c3)C[C@@]2(C)CC[C@@H]1O. The Morgan fingerprint density at radius 3 is 2.67 bits per heavy atom. The van der Waals surface area contributed by atoms with E-state index in [1.165, 1.54) is 19.3 Å². The van der Waals surface area contributed by atoms with Gasteiger partial charge in [0.1, 0.15) is 0 Å². The lowest BCUT2D eigenvalue weighted by Gasteiger charge is -2.57. The largest absolute Gasteiger partial charge is 0.478 e. The van der Waals surface area contributed by atoms with Crippen molar-refractivity contribution in [3.63, 3.8) is 0 Å². The molecule has 1 aromatic carbocycles. The van der Waals surface area contributed by atoms with Crippen molar-refractivity contribution in [1.82, 2.24) is 0 Å². The molecule has 3 nitrogen and oxygen atoms in total. The summed E-state index contributed by atoms with van der Waals surface area (Å²) in [7, 11) is 0. The quantitative estimate of drug-likeness (QED) is 0.856. The second kappa shape index (κ2) is 6.18. The van der Waals surface area contributed by atoms with Crippen LogP contribution in [0.25, 0.3) is 0 Å². The normalized spacial score (nSPS) is 35.2. The predicted octanol–water partition coefficient (Wildman–Crippen LogP) is 4.53. The molecule has 2 aliphatic carbocycles. The smallest absolute Gasteiger partial charge is 0.335 e. The molecular formula is C21H30O3. The number of carboxylic acids is 1. The number of carboxylic acid groups (broad SMARTS) is 1. The van der Waals surface area contributed by atoms with Crippen LogP contribution in [-0.2, 0) is 6.42 Å². The molecule has 4 atom stereocenters. The molecule has 0 spiro atoms. The Bertz CT molecular complexity index is 621.